The standard InChI is InChI=1S/C19H20N4O5S2/c1-27-12-8-9-16(28-2)14(11-12)20-19(24)15-6-4-10-23(15)30(25,26)17-7-3-5-13-18(17)22-29-21-13/h3,5,7-9,11,15H,4,6,10H2,1-2H3,(H,20,24)/t15-/m1/s1. The Labute approximate surface area is 178 Å². The normalized spacial score (nSPS) is 17.2. The first-order valence-corrected chi connectivity index (χ1v) is 11.4. The van der Waals surface area contributed by atoms with E-state index in [-0.39, 0.29) is 11.4 Å². The predicted molar refractivity (Wildman–Crippen MR) is 113 cm³/mol. The monoisotopic (exact) mass is 448 g/mol. The molecule has 1 fully saturated rings. The van der Waals surface area contributed by atoms with E-state index < -0.39 is 22.0 Å². The number of carbonyl (C=O) groups is 1. The maximum atomic E-state index is 13.4. The Bertz CT molecular complexity index is 1190. The number of methoxy groups -OCH3 is 2. The fourth-order valence-electron chi connectivity index (χ4n) is 3.53. The number of amides is 1. The average Bonchev–Trinajstić information content (AvgIpc) is 3.43. The summed E-state index contributed by atoms with van der Waals surface area (Å²) in [5.74, 6) is 0.575. The first-order chi connectivity index (χ1) is 14.5. The SMILES string of the molecule is COc1ccc(OC)c(NC(=O)[C@H]2CCCN2S(=O)(=O)c2cccc3nsnc23)c1. The number of rotatable bonds is 6. The Morgan fingerprint density at radius 3 is 2.80 bits per heavy atom. The maximum Gasteiger partial charge on any atom is 0.246 e. The molecule has 1 amide bonds. The lowest BCUT2D eigenvalue weighted by Gasteiger charge is -2.24. The summed E-state index contributed by atoms with van der Waals surface area (Å²) in [6.07, 6.45) is 1.00. The molecule has 2 heterocycles. The van der Waals surface area contributed by atoms with Gasteiger partial charge in [-0.25, -0.2) is 8.42 Å². The van der Waals surface area contributed by atoms with Gasteiger partial charge in [-0.15, -0.1) is 0 Å². The van der Waals surface area contributed by atoms with Crippen molar-refractivity contribution in [2.75, 3.05) is 26.1 Å². The van der Waals surface area contributed by atoms with Crippen LogP contribution in [0.4, 0.5) is 5.69 Å². The Balaban J connectivity index is 1.64. The number of fused-ring (bicyclic) bond motifs is 1. The van der Waals surface area contributed by atoms with Gasteiger partial charge in [0.05, 0.1) is 31.6 Å². The molecule has 0 aliphatic carbocycles. The number of nitrogens with zero attached hydrogens (tertiary/aromatic N) is 3. The molecule has 9 nitrogen and oxygen atoms in total. The summed E-state index contributed by atoms with van der Waals surface area (Å²) in [6.45, 7) is 0.254. The van der Waals surface area contributed by atoms with Gasteiger partial charge in [-0.2, -0.15) is 13.1 Å². The molecule has 1 aliphatic rings. The van der Waals surface area contributed by atoms with Crippen LogP contribution < -0.4 is 14.8 Å². The van der Waals surface area contributed by atoms with Crippen LogP contribution in [0.2, 0.25) is 0 Å². The van der Waals surface area contributed by atoms with Crippen LogP contribution in [0.1, 0.15) is 12.8 Å². The second-order valence-electron chi connectivity index (χ2n) is 6.72. The molecule has 158 valence electrons. The van der Waals surface area contributed by atoms with E-state index in [0.29, 0.717) is 41.1 Å². The molecule has 1 atom stereocenters. The van der Waals surface area contributed by atoms with Crippen LogP contribution in [0.5, 0.6) is 11.5 Å². The Kier molecular flexibility index (Phi) is 5.58. The van der Waals surface area contributed by atoms with Crippen molar-refractivity contribution >= 4 is 44.4 Å². The molecule has 1 N–H and O–H groups in total. The highest BCUT2D eigenvalue weighted by Crippen LogP contribution is 2.33. The molecule has 4 rings (SSSR count). The third kappa shape index (κ3) is 3.59. The van der Waals surface area contributed by atoms with Crippen LogP contribution in [0.15, 0.2) is 41.3 Å². The van der Waals surface area contributed by atoms with Crippen LogP contribution in [0.25, 0.3) is 11.0 Å². The molecule has 0 radical (unpaired) electrons. The number of hydrogen-bond donors (Lipinski definition) is 1. The number of anilines is 1. The van der Waals surface area contributed by atoms with Crippen molar-refractivity contribution in [2.24, 2.45) is 0 Å². The number of benzene rings is 2. The van der Waals surface area contributed by atoms with Crippen molar-refractivity contribution < 1.29 is 22.7 Å². The summed E-state index contributed by atoms with van der Waals surface area (Å²) >= 11 is 0.954. The highest BCUT2D eigenvalue weighted by Gasteiger charge is 2.40. The summed E-state index contributed by atoms with van der Waals surface area (Å²) in [5.41, 5.74) is 1.25. The molecule has 1 aromatic heterocycles. The van der Waals surface area contributed by atoms with Gasteiger partial charge >= 0.3 is 0 Å². The first-order valence-electron chi connectivity index (χ1n) is 9.21. The number of aromatic nitrogens is 2. The van der Waals surface area contributed by atoms with E-state index in [2.05, 4.69) is 14.1 Å². The van der Waals surface area contributed by atoms with E-state index in [1.807, 2.05) is 0 Å². The van der Waals surface area contributed by atoms with E-state index in [1.54, 1.807) is 30.3 Å². The zero-order valence-corrected chi connectivity index (χ0v) is 18.0. The number of ether oxygens (including phenoxy) is 2. The molecule has 3 aromatic rings. The highest BCUT2D eigenvalue weighted by atomic mass is 32.2. The van der Waals surface area contributed by atoms with Crippen molar-refractivity contribution in [3.05, 3.63) is 36.4 Å². The quantitative estimate of drug-likeness (QED) is 0.617. The lowest BCUT2D eigenvalue weighted by Crippen LogP contribution is -2.43. The number of nitrogens with one attached hydrogen (secondary N) is 1. The van der Waals surface area contributed by atoms with Crippen LogP contribution in [-0.4, -0.2) is 54.2 Å². The molecular formula is C19H20N4O5S2. The van der Waals surface area contributed by atoms with Crippen molar-refractivity contribution in [1.29, 1.82) is 0 Å². The van der Waals surface area contributed by atoms with Gasteiger partial charge in [0.25, 0.3) is 0 Å². The Hall–Kier alpha value is -2.76. The zero-order valence-electron chi connectivity index (χ0n) is 16.4. The third-order valence-electron chi connectivity index (χ3n) is 5.01. The van der Waals surface area contributed by atoms with Crippen LogP contribution in [0.3, 0.4) is 0 Å². The second kappa shape index (κ2) is 8.17. The Morgan fingerprint density at radius 1 is 1.20 bits per heavy atom. The van der Waals surface area contributed by atoms with E-state index in [9.17, 15) is 13.2 Å². The van der Waals surface area contributed by atoms with Gasteiger partial charge in [0.2, 0.25) is 15.9 Å². The van der Waals surface area contributed by atoms with Gasteiger partial charge in [-0.05, 0) is 37.1 Å². The minimum atomic E-state index is -3.93. The van der Waals surface area contributed by atoms with E-state index in [0.717, 1.165) is 11.7 Å². The molecule has 2 aromatic carbocycles. The molecule has 1 aliphatic heterocycles. The first kappa shape index (κ1) is 20.5. The third-order valence-corrected chi connectivity index (χ3v) is 7.49. The summed E-state index contributed by atoms with van der Waals surface area (Å²) in [5, 5.41) is 2.79. The van der Waals surface area contributed by atoms with Gasteiger partial charge in [-0.1, -0.05) is 6.07 Å². The van der Waals surface area contributed by atoms with E-state index in [1.165, 1.54) is 24.6 Å². The van der Waals surface area contributed by atoms with Crippen molar-refractivity contribution in [2.45, 2.75) is 23.8 Å². The van der Waals surface area contributed by atoms with Crippen LogP contribution in [0, 0.1) is 0 Å². The summed E-state index contributed by atoms with van der Waals surface area (Å²) in [4.78, 5) is 13.1. The van der Waals surface area contributed by atoms with Gasteiger partial charge in [0, 0.05) is 12.6 Å². The highest BCUT2D eigenvalue weighted by molar-refractivity contribution is 7.89. The molecule has 0 unspecified atom stereocenters. The summed E-state index contributed by atoms with van der Waals surface area (Å²) in [7, 11) is -0.917. The molecular weight excluding hydrogens is 428 g/mol. The molecule has 0 spiro atoms. The summed E-state index contributed by atoms with van der Waals surface area (Å²) < 4.78 is 46.7. The van der Waals surface area contributed by atoms with Gasteiger partial charge in [0.1, 0.15) is 33.5 Å². The zero-order chi connectivity index (χ0) is 21.3. The minimum absolute atomic E-state index is 0.0624. The largest absolute Gasteiger partial charge is 0.497 e. The van der Waals surface area contributed by atoms with E-state index in [4.69, 9.17) is 9.47 Å². The second-order valence-corrected chi connectivity index (χ2v) is 9.10. The number of sulfonamides is 1. The Morgan fingerprint density at radius 2 is 2.03 bits per heavy atom. The average molecular weight is 449 g/mol. The van der Waals surface area contributed by atoms with E-state index >= 15 is 0 Å². The van der Waals surface area contributed by atoms with Crippen LogP contribution in [-0.2, 0) is 14.8 Å². The fraction of sp³-hybridized carbons (Fsp3) is 0.316. The lowest BCUT2D eigenvalue weighted by atomic mass is 10.2. The topological polar surface area (TPSA) is 111 Å². The maximum absolute atomic E-state index is 13.4. The van der Waals surface area contributed by atoms with Crippen molar-refractivity contribution in [3.8, 4) is 11.5 Å². The molecule has 11 heteroatoms. The fourth-order valence-corrected chi connectivity index (χ4v) is 5.94. The summed E-state index contributed by atoms with van der Waals surface area (Å²) in [6, 6.07) is 9.01. The van der Waals surface area contributed by atoms with Crippen molar-refractivity contribution in [3.63, 3.8) is 0 Å². The molecule has 0 saturated carbocycles. The van der Waals surface area contributed by atoms with Gasteiger partial charge in [0.15, 0.2) is 0 Å². The molecule has 1 saturated heterocycles. The van der Waals surface area contributed by atoms with Gasteiger partial charge in [-0.3, -0.25) is 4.79 Å². The predicted octanol–water partition coefficient (Wildman–Crippen LogP) is 2.50. The number of hydrogen-bond acceptors (Lipinski definition) is 8. The number of carbonyl (C=O) groups excluding carboxylic acids is 1. The van der Waals surface area contributed by atoms with Crippen LogP contribution >= 0.6 is 11.7 Å². The minimum Gasteiger partial charge on any atom is -0.497 e. The van der Waals surface area contributed by atoms with Gasteiger partial charge < -0.3 is 14.8 Å². The van der Waals surface area contributed by atoms with Crippen molar-refractivity contribution in [1.82, 2.24) is 13.1 Å². The molecule has 0 bridgehead atoms. The smallest absolute Gasteiger partial charge is 0.246 e. The lowest BCUT2D eigenvalue weighted by molar-refractivity contribution is -0.119. The molecule has 30 heavy (non-hydrogen) atoms.